The molecule has 1 atom stereocenters. The van der Waals surface area contributed by atoms with E-state index in [4.69, 9.17) is 11.5 Å². The molecule has 0 saturated carbocycles. The van der Waals surface area contributed by atoms with Gasteiger partial charge >= 0.3 is 0 Å². The highest BCUT2D eigenvalue weighted by atomic mass is 16.3. The summed E-state index contributed by atoms with van der Waals surface area (Å²) < 4.78 is 0. The smallest absolute Gasteiger partial charge is 0.231 e. The maximum absolute atomic E-state index is 11.8. The Kier molecular flexibility index (Phi) is 3.42. The normalized spacial score (nSPS) is 16.2. The van der Waals surface area contributed by atoms with Gasteiger partial charge in [-0.3, -0.25) is 4.79 Å². The minimum Gasteiger partial charge on any atom is -0.390 e. The van der Waals surface area contributed by atoms with Crippen LogP contribution in [-0.4, -0.2) is 30.2 Å². The number of nitrogens with two attached hydrogens (primary N) is 2. The van der Waals surface area contributed by atoms with Crippen LogP contribution in [-0.2, 0) is 17.8 Å². The zero-order valence-corrected chi connectivity index (χ0v) is 9.60. The van der Waals surface area contributed by atoms with Gasteiger partial charge in [0.25, 0.3) is 0 Å². The maximum atomic E-state index is 11.8. The average molecular weight is 235 g/mol. The molecule has 0 aliphatic carbocycles. The van der Waals surface area contributed by atoms with Gasteiger partial charge in [-0.25, -0.2) is 0 Å². The largest absolute Gasteiger partial charge is 0.390 e. The first-order valence-corrected chi connectivity index (χ1v) is 5.66. The molecule has 5 nitrogen and oxygen atoms in total. The van der Waals surface area contributed by atoms with Crippen LogP contribution in [0.25, 0.3) is 0 Å². The van der Waals surface area contributed by atoms with Crippen molar-refractivity contribution in [3.63, 3.8) is 0 Å². The first-order valence-electron chi connectivity index (χ1n) is 5.66. The summed E-state index contributed by atoms with van der Waals surface area (Å²) >= 11 is 0. The summed E-state index contributed by atoms with van der Waals surface area (Å²) in [5.41, 5.74) is 13.8. The summed E-state index contributed by atoms with van der Waals surface area (Å²) in [6, 6.07) is 5.73. The fourth-order valence-corrected chi connectivity index (χ4v) is 2.05. The van der Waals surface area contributed by atoms with Crippen molar-refractivity contribution in [3.8, 4) is 0 Å². The number of anilines is 1. The molecule has 0 fully saturated rings. The third kappa shape index (κ3) is 2.31. The Morgan fingerprint density at radius 3 is 2.82 bits per heavy atom. The molecular formula is C12H17N3O2. The minimum absolute atomic E-state index is 0.00155. The van der Waals surface area contributed by atoms with Gasteiger partial charge in [-0.05, 0) is 17.2 Å². The second-order valence-electron chi connectivity index (χ2n) is 4.24. The fourth-order valence-electron chi connectivity index (χ4n) is 2.05. The lowest BCUT2D eigenvalue weighted by Gasteiger charge is -2.20. The monoisotopic (exact) mass is 235 g/mol. The van der Waals surface area contributed by atoms with Crippen LogP contribution in [0.4, 0.5) is 5.69 Å². The van der Waals surface area contributed by atoms with Crippen LogP contribution in [0.2, 0.25) is 0 Å². The molecule has 0 radical (unpaired) electrons. The second kappa shape index (κ2) is 4.83. The predicted octanol–water partition coefficient (Wildman–Crippen LogP) is -0.646. The van der Waals surface area contributed by atoms with E-state index in [-0.39, 0.29) is 19.0 Å². The molecule has 5 N–H and O–H groups in total. The molecule has 0 bridgehead atoms. The average Bonchev–Trinajstić information content (AvgIpc) is 2.64. The van der Waals surface area contributed by atoms with Crippen molar-refractivity contribution in [2.24, 2.45) is 11.5 Å². The molecule has 2 rings (SSSR count). The van der Waals surface area contributed by atoms with E-state index in [1.807, 2.05) is 18.2 Å². The van der Waals surface area contributed by atoms with E-state index >= 15 is 0 Å². The maximum Gasteiger partial charge on any atom is 0.231 e. The quantitative estimate of drug-likeness (QED) is 0.647. The summed E-state index contributed by atoms with van der Waals surface area (Å²) in [6.45, 7) is 0.872. The van der Waals surface area contributed by atoms with Gasteiger partial charge in [-0.1, -0.05) is 12.1 Å². The topological polar surface area (TPSA) is 92.6 Å². The number of benzene rings is 1. The number of fused-ring (bicyclic) bond motifs is 1. The van der Waals surface area contributed by atoms with Crippen LogP contribution in [0.5, 0.6) is 0 Å². The summed E-state index contributed by atoms with van der Waals surface area (Å²) in [5, 5.41) is 9.52. The van der Waals surface area contributed by atoms with Crippen LogP contribution in [0.3, 0.4) is 0 Å². The lowest BCUT2D eigenvalue weighted by atomic mass is 10.1. The third-order valence-electron chi connectivity index (χ3n) is 2.98. The highest BCUT2D eigenvalue weighted by molar-refractivity contribution is 6.01. The number of nitrogens with zero attached hydrogens (tertiary/aromatic N) is 1. The Bertz CT molecular complexity index is 434. The summed E-state index contributed by atoms with van der Waals surface area (Å²) in [4.78, 5) is 13.4. The van der Waals surface area contributed by atoms with Crippen molar-refractivity contribution in [3.05, 3.63) is 29.3 Å². The van der Waals surface area contributed by atoms with Crippen molar-refractivity contribution < 1.29 is 9.90 Å². The van der Waals surface area contributed by atoms with Gasteiger partial charge in [0, 0.05) is 18.8 Å². The van der Waals surface area contributed by atoms with Gasteiger partial charge < -0.3 is 21.5 Å². The second-order valence-corrected chi connectivity index (χ2v) is 4.24. The molecule has 0 saturated heterocycles. The van der Waals surface area contributed by atoms with Crippen LogP contribution in [0.1, 0.15) is 11.1 Å². The molecule has 5 heteroatoms. The zero-order chi connectivity index (χ0) is 12.4. The molecular weight excluding hydrogens is 218 g/mol. The SMILES string of the molecule is NCc1ccc2c(c1)CC(=O)N2CC(O)CN. The van der Waals surface area contributed by atoms with Crippen molar-refractivity contribution in [1.29, 1.82) is 0 Å². The summed E-state index contributed by atoms with van der Waals surface area (Å²) in [6.07, 6.45) is -0.306. The Labute approximate surface area is 100 Å². The Morgan fingerprint density at radius 1 is 1.41 bits per heavy atom. The number of aliphatic hydroxyl groups excluding tert-OH is 1. The van der Waals surface area contributed by atoms with Crippen LogP contribution in [0.15, 0.2) is 18.2 Å². The molecule has 92 valence electrons. The van der Waals surface area contributed by atoms with Crippen LogP contribution in [0, 0.1) is 0 Å². The van der Waals surface area contributed by atoms with Crippen LogP contribution < -0.4 is 16.4 Å². The van der Waals surface area contributed by atoms with E-state index < -0.39 is 6.10 Å². The predicted molar refractivity (Wildman–Crippen MR) is 65.5 cm³/mol. The van der Waals surface area contributed by atoms with E-state index in [2.05, 4.69) is 0 Å². The molecule has 1 heterocycles. The molecule has 0 spiro atoms. The summed E-state index contributed by atoms with van der Waals surface area (Å²) in [7, 11) is 0. The van der Waals surface area contributed by atoms with Crippen molar-refractivity contribution in [1.82, 2.24) is 0 Å². The lowest BCUT2D eigenvalue weighted by Crippen LogP contribution is -2.38. The molecule has 1 aliphatic rings. The number of rotatable bonds is 4. The Balaban J connectivity index is 2.25. The van der Waals surface area contributed by atoms with Gasteiger partial charge in [-0.15, -0.1) is 0 Å². The minimum atomic E-state index is -0.681. The number of amides is 1. The molecule has 17 heavy (non-hydrogen) atoms. The zero-order valence-electron chi connectivity index (χ0n) is 9.60. The van der Waals surface area contributed by atoms with Gasteiger partial charge in [0.05, 0.1) is 19.1 Å². The first kappa shape index (κ1) is 12.0. The van der Waals surface area contributed by atoms with E-state index in [0.29, 0.717) is 13.0 Å². The molecule has 1 aromatic carbocycles. The van der Waals surface area contributed by atoms with E-state index in [1.54, 1.807) is 4.90 Å². The molecule has 1 aromatic rings. The van der Waals surface area contributed by atoms with Crippen molar-refractivity contribution in [2.75, 3.05) is 18.0 Å². The highest BCUT2D eigenvalue weighted by Gasteiger charge is 2.28. The van der Waals surface area contributed by atoms with Gasteiger partial charge in [0.15, 0.2) is 0 Å². The highest BCUT2D eigenvalue weighted by Crippen LogP contribution is 2.29. The van der Waals surface area contributed by atoms with E-state index in [9.17, 15) is 9.90 Å². The van der Waals surface area contributed by atoms with E-state index in [0.717, 1.165) is 16.8 Å². The van der Waals surface area contributed by atoms with Crippen LogP contribution >= 0.6 is 0 Å². The number of carbonyl (C=O) groups is 1. The number of hydrogen-bond acceptors (Lipinski definition) is 4. The molecule has 1 aliphatic heterocycles. The standard InChI is InChI=1S/C12H17N3O2/c13-5-8-1-2-11-9(3-8)4-12(17)15(11)7-10(16)6-14/h1-3,10,16H,4-7,13-14H2. The number of hydrogen-bond donors (Lipinski definition) is 3. The van der Waals surface area contributed by atoms with Gasteiger partial charge in [-0.2, -0.15) is 0 Å². The Hall–Kier alpha value is -1.43. The molecule has 1 amide bonds. The number of β-amino-alcohol motifs (C(OH)–C–C–N with tert-alkyl or cyclic N) is 1. The van der Waals surface area contributed by atoms with Crippen molar-refractivity contribution in [2.45, 2.75) is 19.1 Å². The number of carbonyl (C=O) groups excluding carboxylic acids is 1. The van der Waals surface area contributed by atoms with Gasteiger partial charge in [0.2, 0.25) is 5.91 Å². The summed E-state index contributed by atoms with van der Waals surface area (Å²) in [5.74, 6) is 0.00155. The molecule has 0 aromatic heterocycles. The first-order chi connectivity index (χ1) is 8.15. The third-order valence-corrected chi connectivity index (χ3v) is 2.98. The van der Waals surface area contributed by atoms with E-state index in [1.165, 1.54) is 0 Å². The Morgan fingerprint density at radius 2 is 2.18 bits per heavy atom. The lowest BCUT2D eigenvalue weighted by molar-refractivity contribution is -0.117. The van der Waals surface area contributed by atoms with Crippen molar-refractivity contribution >= 4 is 11.6 Å². The molecule has 1 unspecified atom stereocenters. The number of aliphatic hydroxyl groups is 1. The fraction of sp³-hybridized carbons (Fsp3) is 0.417. The van der Waals surface area contributed by atoms with Gasteiger partial charge in [0.1, 0.15) is 0 Å².